The van der Waals surface area contributed by atoms with Crippen LogP contribution in [-0.2, 0) is 26.0 Å². The first-order chi connectivity index (χ1) is 18.2. The Bertz CT molecular complexity index is 1110. The molecule has 4 atom stereocenters. The zero-order valence-electron chi connectivity index (χ0n) is 23.1. The maximum absolute atomic E-state index is 15.1. The van der Waals surface area contributed by atoms with E-state index >= 15 is 8.42 Å². The summed E-state index contributed by atoms with van der Waals surface area (Å²) >= 11 is 0. The van der Waals surface area contributed by atoms with Crippen LogP contribution in [0.2, 0.25) is 0 Å². The number of ether oxygens (including phenoxy) is 1. The SMILES string of the molecule is CC1(C)[C@@H]2CC[C@@]1(S(=O)(=O)N(C1CCCCC1)C1CCCCC1)[C@H](OC(=O)C(C#N)Cc1ccccc1)C2. The van der Waals surface area contributed by atoms with Crippen molar-refractivity contribution in [1.29, 1.82) is 5.26 Å². The van der Waals surface area contributed by atoms with Gasteiger partial charge in [-0.2, -0.15) is 9.57 Å². The number of esters is 1. The highest BCUT2D eigenvalue weighted by Crippen LogP contribution is 2.65. The van der Waals surface area contributed by atoms with Crippen LogP contribution in [0.5, 0.6) is 0 Å². The van der Waals surface area contributed by atoms with Crippen molar-refractivity contribution in [1.82, 2.24) is 4.31 Å². The summed E-state index contributed by atoms with van der Waals surface area (Å²) in [6.45, 7) is 4.17. The quantitative estimate of drug-likeness (QED) is 0.369. The smallest absolute Gasteiger partial charge is 0.324 e. The molecule has 4 saturated carbocycles. The lowest BCUT2D eigenvalue weighted by atomic mass is 9.81. The van der Waals surface area contributed by atoms with Crippen LogP contribution in [0, 0.1) is 28.6 Å². The van der Waals surface area contributed by atoms with Crippen molar-refractivity contribution < 1.29 is 17.9 Å². The topological polar surface area (TPSA) is 87.5 Å². The molecule has 7 heteroatoms. The number of hydrogen-bond acceptors (Lipinski definition) is 5. The van der Waals surface area contributed by atoms with Crippen molar-refractivity contribution in [2.24, 2.45) is 17.3 Å². The van der Waals surface area contributed by atoms with E-state index in [0.717, 1.165) is 63.4 Å². The number of hydrogen-bond donors (Lipinski definition) is 0. The third-order valence-corrected chi connectivity index (χ3v) is 13.6. The predicted octanol–water partition coefficient (Wildman–Crippen LogP) is 6.16. The summed E-state index contributed by atoms with van der Waals surface area (Å²) in [5, 5.41) is 9.84. The molecule has 4 aliphatic carbocycles. The standard InChI is InChI=1S/C31H44N2O4S/c1-30(2)25-18-19-31(30,28(21-25)37-29(34)24(22-32)20-23-12-6-3-7-13-23)38(35,36)33(26-14-8-4-9-15-26)27-16-10-5-11-17-27/h3,6-7,12-13,24-28H,4-5,8-11,14-21H2,1-2H3/t24?,25-,28-,31-/m1/s1. The van der Waals surface area contributed by atoms with Crippen LogP contribution in [0.1, 0.15) is 103 Å². The van der Waals surface area contributed by atoms with Gasteiger partial charge in [0.15, 0.2) is 0 Å². The Morgan fingerprint density at radius 3 is 2.11 bits per heavy atom. The monoisotopic (exact) mass is 540 g/mol. The Hall–Kier alpha value is -1.91. The summed E-state index contributed by atoms with van der Waals surface area (Å²) in [5.74, 6) is -1.35. The molecule has 38 heavy (non-hydrogen) atoms. The van der Waals surface area contributed by atoms with Gasteiger partial charge < -0.3 is 4.74 Å². The van der Waals surface area contributed by atoms with Gasteiger partial charge in [-0.25, -0.2) is 8.42 Å². The van der Waals surface area contributed by atoms with E-state index in [1.54, 1.807) is 0 Å². The molecule has 0 radical (unpaired) electrons. The van der Waals surface area contributed by atoms with Crippen molar-refractivity contribution in [2.75, 3.05) is 0 Å². The van der Waals surface area contributed by atoms with E-state index in [2.05, 4.69) is 19.9 Å². The molecule has 1 aromatic carbocycles. The fourth-order valence-corrected chi connectivity index (χ4v) is 11.7. The number of nitriles is 1. The second kappa shape index (κ2) is 10.9. The third-order valence-electron chi connectivity index (χ3n) is 10.6. The lowest BCUT2D eigenvalue weighted by Crippen LogP contribution is -2.63. The molecular weight excluding hydrogens is 496 g/mol. The third kappa shape index (κ3) is 4.60. The first-order valence-electron chi connectivity index (χ1n) is 14.9. The fourth-order valence-electron chi connectivity index (χ4n) is 8.43. The van der Waals surface area contributed by atoms with Crippen molar-refractivity contribution in [3.8, 4) is 6.07 Å². The van der Waals surface area contributed by atoms with Gasteiger partial charge in [0.05, 0.1) is 6.07 Å². The van der Waals surface area contributed by atoms with Crippen LogP contribution < -0.4 is 0 Å². The zero-order chi connectivity index (χ0) is 27.0. The Labute approximate surface area is 229 Å². The number of nitrogens with zero attached hydrogens (tertiary/aromatic N) is 2. The molecule has 0 aliphatic heterocycles. The van der Waals surface area contributed by atoms with E-state index in [4.69, 9.17) is 4.74 Å². The normalized spacial score (nSPS) is 30.7. The van der Waals surface area contributed by atoms with Crippen LogP contribution in [0.15, 0.2) is 30.3 Å². The Balaban J connectivity index is 1.47. The number of fused-ring (bicyclic) bond motifs is 2. The van der Waals surface area contributed by atoms with Gasteiger partial charge in [-0.3, -0.25) is 4.79 Å². The van der Waals surface area contributed by atoms with Crippen LogP contribution in [0.3, 0.4) is 0 Å². The van der Waals surface area contributed by atoms with Gasteiger partial charge in [-0.15, -0.1) is 0 Å². The number of benzene rings is 1. The maximum atomic E-state index is 15.1. The van der Waals surface area contributed by atoms with E-state index in [-0.39, 0.29) is 24.4 Å². The lowest BCUT2D eigenvalue weighted by Gasteiger charge is -2.49. The summed E-state index contributed by atoms with van der Waals surface area (Å²) in [6, 6.07) is 11.7. The molecule has 0 saturated heterocycles. The van der Waals surface area contributed by atoms with Gasteiger partial charge in [0, 0.05) is 12.1 Å². The number of sulfonamides is 1. The number of carbonyl (C=O) groups is 1. The van der Waals surface area contributed by atoms with E-state index < -0.39 is 38.2 Å². The Kier molecular flexibility index (Phi) is 7.95. The van der Waals surface area contributed by atoms with Crippen molar-refractivity contribution in [3.63, 3.8) is 0 Å². The molecule has 0 N–H and O–H groups in total. The average molecular weight is 541 g/mol. The van der Waals surface area contributed by atoms with Crippen molar-refractivity contribution in [3.05, 3.63) is 35.9 Å². The predicted molar refractivity (Wildman–Crippen MR) is 147 cm³/mol. The highest BCUT2D eigenvalue weighted by atomic mass is 32.2. The summed E-state index contributed by atoms with van der Waals surface area (Å²) in [4.78, 5) is 13.4. The maximum Gasteiger partial charge on any atom is 0.324 e. The first-order valence-corrected chi connectivity index (χ1v) is 16.3. The molecule has 5 rings (SSSR count). The molecule has 0 amide bonds. The van der Waals surface area contributed by atoms with Gasteiger partial charge in [0.2, 0.25) is 10.0 Å². The van der Waals surface area contributed by atoms with E-state index in [0.29, 0.717) is 12.8 Å². The number of rotatable bonds is 8. The lowest BCUT2D eigenvalue weighted by molar-refractivity contribution is -0.154. The summed E-state index contributed by atoms with van der Waals surface area (Å²) in [7, 11) is -3.79. The first kappa shape index (κ1) is 27.6. The van der Waals surface area contributed by atoms with E-state index in [1.165, 1.54) is 12.8 Å². The van der Waals surface area contributed by atoms with E-state index in [1.807, 2.05) is 34.6 Å². The highest BCUT2D eigenvalue weighted by Gasteiger charge is 2.73. The van der Waals surface area contributed by atoms with E-state index in [9.17, 15) is 10.1 Å². The van der Waals surface area contributed by atoms with Gasteiger partial charge in [0.25, 0.3) is 0 Å². The molecule has 1 aromatic rings. The molecule has 6 nitrogen and oxygen atoms in total. The van der Waals surface area contributed by atoms with Gasteiger partial charge in [-0.1, -0.05) is 82.7 Å². The molecular formula is C31H44N2O4S. The fraction of sp³-hybridized carbons (Fsp3) is 0.742. The summed E-state index contributed by atoms with van der Waals surface area (Å²) in [6.07, 6.45) is 11.8. The van der Waals surface area contributed by atoms with Crippen molar-refractivity contribution in [2.45, 2.75) is 127 Å². The average Bonchev–Trinajstić information content (AvgIpc) is 3.31. The Morgan fingerprint density at radius 1 is 1.00 bits per heavy atom. The van der Waals surface area contributed by atoms with Crippen LogP contribution >= 0.6 is 0 Å². The summed E-state index contributed by atoms with van der Waals surface area (Å²) < 4.78 is 37.2. The minimum absolute atomic E-state index is 0.0444. The largest absolute Gasteiger partial charge is 0.460 e. The molecule has 4 aliphatic rings. The minimum atomic E-state index is -3.79. The Morgan fingerprint density at radius 2 is 1.58 bits per heavy atom. The van der Waals surface area contributed by atoms with Crippen LogP contribution in [-0.4, -0.2) is 41.6 Å². The van der Waals surface area contributed by atoms with Gasteiger partial charge in [0.1, 0.15) is 16.8 Å². The summed E-state index contributed by atoms with van der Waals surface area (Å²) in [5.41, 5.74) is 0.396. The van der Waals surface area contributed by atoms with Crippen LogP contribution in [0.25, 0.3) is 0 Å². The zero-order valence-corrected chi connectivity index (χ0v) is 23.9. The second-order valence-electron chi connectivity index (χ2n) is 12.8. The van der Waals surface area contributed by atoms with Crippen LogP contribution in [0.4, 0.5) is 0 Å². The van der Waals surface area contributed by atoms with Crippen molar-refractivity contribution >= 4 is 16.0 Å². The molecule has 2 bridgehead atoms. The van der Waals surface area contributed by atoms with Gasteiger partial charge in [-0.05, 0) is 68.3 Å². The second-order valence-corrected chi connectivity index (χ2v) is 14.9. The molecule has 208 valence electrons. The highest BCUT2D eigenvalue weighted by molar-refractivity contribution is 7.90. The molecule has 0 heterocycles. The molecule has 1 unspecified atom stereocenters. The molecule has 4 fully saturated rings. The minimum Gasteiger partial charge on any atom is -0.460 e. The molecule has 0 aromatic heterocycles. The van der Waals surface area contributed by atoms with Gasteiger partial charge >= 0.3 is 5.97 Å². The molecule has 0 spiro atoms. The number of carbonyl (C=O) groups excluding carboxylic acids is 1.